The molecule has 1 rings (SSSR count). The number of rotatable bonds is 2. The molecule has 14 heavy (non-hydrogen) atoms. The van der Waals surface area contributed by atoms with Crippen LogP contribution in [-0.2, 0) is 10.6 Å². The molecule has 0 aromatic rings. The highest BCUT2D eigenvalue weighted by atomic mass is 32.3. The highest BCUT2D eigenvalue weighted by Gasteiger charge is 2.06. The van der Waals surface area contributed by atoms with Gasteiger partial charge in [-0.25, -0.2) is 0 Å². The first kappa shape index (κ1) is 13.7. The molecular weight excluding hydrogens is 216 g/mol. The molecule has 5 nitrogen and oxygen atoms in total. The molecule has 0 unspecified atom stereocenters. The molecule has 0 amide bonds. The van der Waals surface area contributed by atoms with Gasteiger partial charge >= 0.3 is 10.6 Å². The van der Waals surface area contributed by atoms with E-state index in [2.05, 4.69) is 10.2 Å². The molecule has 1 saturated heterocycles. The molecule has 0 saturated carbocycles. The summed E-state index contributed by atoms with van der Waals surface area (Å²) in [5.41, 5.74) is 5.40. The summed E-state index contributed by atoms with van der Waals surface area (Å²) < 4.78 is 36.6. The van der Waals surface area contributed by atoms with E-state index < -0.39 is 10.6 Å². The maximum atomic E-state index is 9.99. The molecule has 0 aliphatic carbocycles. The van der Waals surface area contributed by atoms with Gasteiger partial charge in [0.05, 0.1) is 0 Å². The normalized spacial score (nSPS) is 18.5. The topological polar surface area (TPSA) is 75.4 Å². The lowest BCUT2D eigenvalue weighted by atomic mass is 10.3. The Labute approximate surface area is 82.8 Å². The van der Waals surface area contributed by atoms with Gasteiger partial charge < -0.3 is 11.1 Å². The van der Waals surface area contributed by atoms with Gasteiger partial charge in [-0.3, -0.25) is 4.90 Å². The Balaban J connectivity index is 0.000000292. The van der Waals surface area contributed by atoms with Gasteiger partial charge in [-0.2, -0.15) is 8.42 Å². The summed E-state index contributed by atoms with van der Waals surface area (Å²) in [6, 6.07) is 0. The number of hydrogen-bond donors (Lipinski definition) is 2. The predicted molar refractivity (Wildman–Crippen MR) is 49.5 cm³/mol. The predicted octanol–water partition coefficient (Wildman–Crippen LogP) is -0.979. The van der Waals surface area contributed by atoms with E-state index in [-0.39, 0.29) is 0 Å². The Morgan fingerprint density at radius 1 is 1.29 bits per heavy atom. The summed E-state index contributed by atoms with van der Waals surface area (Å²) in [5.74, 6) is 0. The van der Waals surface area contributed by atoms with Crippen molar-refractivity contribution in [1.82, 2.24) is 10.2 Å². The van der Waals surface area contributed by atoms with Crippen LogP contribution in [0.4, 0.5) is 7.77 Å². The van der Waals surface area contributed by atoms with Crippen molar-refractivity contribution in [2.75, 3.05) is 39.3 Å². The molecule has 1 fully saturated rings. The van der Waals surface area contributed by atoms with Gasteiger partial charge in [-0.05, 0) is 0 Å². The van der Waals surface area contributed by atoms with Gasteiger partial charge in [0.25, 0.3) is 0 Å². The Hall–Kier alpha value is -0.310. The van der Waals surface area contributed by atoms with E-state index in [1.807, 2.05) is 0 Å². The third kappa shape index (κ3) is 11.7. The van der Waals surface area contributed by atoms with E-state index in [0.717, 1.165) is 39.3 Å². The van der Waals surface area contributed by atoms with E-state index in [4.69, 9.17) is 14.2 Å². The molecule has 3 N–H and O–H groups in total. The fourth-order valence-corrected chi connectivity index (χ4v) is 1.12. The van der Waals surface area contributed by atoms with Crippen LogP contribution >= 0.6 is 0 Å². The van der Waals surface area contributed by atoms with E-state index in [1.54, 1.807) is 0 Å². The Kier molecular flexibility index (Phi) is 6.89. The molecular formula is C6H15F2N3O2S. The van der Waals surface area contributed by atoms with Gasteiger partial charge in [0.15, 0.2) is 0 Å². The molecule has 0 aromatic carbocycles. The van der Waals surface area contributed by atoms with Crippen LogP contribution in [0.3, 0.4) is 0 Å². The van der Waals surface area contributed by atoms with Crippen LogP contribution in [0.2, 0.25) is 0 Å². The molecule has 1 aliphatic rings. The van der Waals surface area contributed by atoms with Crippen molar-refractivity contribution < 1.29 is 16.2 Å². The second-order valence-electron chi connectivity index (χ2n) is 2.76. The Morgan fingerprint density at radius 3 is 2.07 bits per heavy atom. The molecule has 0 bridgehead atoms. The lowest BCUT2D eigenvalue weighted by Gasteiger charge is -2.26. The first-order valence-corrected chi connectivity index (χ1v) is 5.49. The zero-order valence-electron chi connectivity index (χ0n) is 7.75. The van der Waals surface area contributed by atoms with Crippen molar-refractivity contribution in [3.05, 3.63) is 0 Å². The average molecular weight is 231 g/mol. The molecule has 86 valence electrons. The second-order valence-corrected chi connectivity index (χ2v) is 3.52. The zero-order chi connectivity index (χ0) is 11.0. The summed E-state index contributed by atoms with van der Waals surface area (Å²) in [6.07, 6.45) is 0. The number of halogens is 2. The van der Waals surface area contributed by atoms with Crippen LogP contribution in [0.5, 0.6) is 0 Å². The monoisotopic (exact) mass is 231 g/mol. The molecule has 0 radical (unpaired) electrons. The standard InChI is InChI=1S/C6H15N3.F2O2S/c7-1-4-9-5-2-8-3-6-9;1-5(2,3)4/h8H,1-7H2;. The van der Waals surface area contributed by atoms with Crippen molar-refractivity contribution >= 4 is 10.6 Å². The quantitative estimate of drug-likeness (QED) is 0.597. The first-order valence-electron chi connectivity index (χ1n) is 4.21. The third-order valence-electron chi connectivity index (χ3n) is 1.65. The molecule has 0 aromatic heterocycles. The van der Waals surface area contributed by atoms with Crippen molar-refractivity contribution in [1.29, 1.82) is 0 Å². The van der Waals surface area contributed by atoms with E-state index in [9.17, 15) is 7.77 Å². The fraction of sp³-hybridized carbons (Fsp3) is 1.00. The Morgan fingerprint density at radius 2 is 1.71 bits per heavy atom. The van der Waals surface area contributed by atoms with Gasteiger partial charge in [0, 0.05) is 39.3 Å². The lowest BCUT2D eigenvalue weighted by molar-refractivity contribution is 0.247. The maximum Gasteiger partial charge on any atom is 0.476 e. The minimum Gasteiger partial charge on any atom is -0.329 e. The molecule has 8 heteroatoms. The summed E-state index contributed by atoms with van der Waals surface area (Å²) >= 11 is 0. The Bertz CT molecular complexity index is 218. The van der Waals surface area contributed by atoms with Gasteiger partial charge in [0.1, 0.15) is 0 Å². The number of piperazine rings is 1. The van der Waals surface area contributed by atoms with Crippen LogP contribution < -0.4 is 11.1 Å². The average Bonchev–Trinajstić information content (AvgIpc) is 2.03. The van der Waals surface area contributed by atoms with Crippen LogP contribution in [0, 0.1) is 0 Å². The summed E-state index contributed by atoms with van der Waals surface area (Å²) in [5, 5.41) is 3.29. The number of nitrogens with zero attached hydrogens (tertiary/aromatic N) is 1. The highest BCUT2D eigenvalue weighted by molar-refractivity contribution is 7.81. The summed E-state index contributed by atoms with van der Waals surface area (Å²) in [7, 11) is -5.67. The number of hydrogen-bond acceptors (Lipinski definition) is 5. The van der Waals surface area contributed by atoms with Crippen LogP contribution in [0.15, 0.2) is 0 Å². The van der Waals surface area contributed by atoms with Crippen LogP contribution in [-0.4, -0.2) is 52.6 Å². The molecule has 1 heterocycles. The first-order chi connectivity index (χ1) is 6.43. The van der Waals surface area contributed by atoms with Crippen LogP contribution in [0.25, 0.3) is 0 Å². The second kappa shape index (κ2) is 7.04. The number of nitrogens with two attached hydrogens (primary N) is 1. The number of nitrogens with one attached hydrogen (secondary N) is 1. The smallest absolute Gasteiger partial charge is 0.329 e. The highest BCUT2D eigenvalue weighted by Crippen LogP contribution is 1.88. The van der Waals surface area contributed by atoms with E-state index in [1.165, 1.54) is 0 Å². The van der Waals surface area contributed by atoms with Crippen molar-refractivity contribution in [3.63, 3.8) is 0 Å². The molecule has 0 spiro atoms. The van der Waals surface area contributed by atoms with Crippen molar-refractivity contribution in [3.8, 4) is 0 Å². The summed E-state index contributed by atoms with van der Waals surface area (Å²) in [6.45, 7) is 6.43. The van der Waals surface area contributed by atoms with E-state index >= 15 is 0 Å². The van der Waals surface area contributed by atoms with E-state index in [0.29, 0.717) is 0 Å². The maximum absolute atomic E-state index is 9.99. The zero-order valence-corrected chi connectivity index (χ0v) is 8.56. The summed E-state index contributed by atoms with van der Waals surface area (Å²) in [4.78, 5) is 2.39. The minimum absolute atomic E-state index is 0.792. The van der Waals surface area contributed by atoms with Crippen LogP contribution in [0.1, 0.15) is 0 Å². The SMILES string of the molecule is NCCN1CCNCC1.O=S(=O)(F)F. The minimum atomic E-state index is -5.67. The largest absolute Gasteiger partial charge is 0.476 e. The lowest BCUT2D eigenvalue weighted by Crippen LogP contribution is -2.45. The molecule has 1 aliphatic heterocycles. The molecule has 0 atom stereocenters. The van der Waals surface area contributed by atoms with Gasteiger partial charge in [0.2, 0.25) is 0 Å². The third-order valence-corrected chi connectivity index (χ3v) is 1.65. The van der Waals surface area contributed by atoms with Crippen molar-refractivity contribution in [2.45, 2.75) is 0 Å². The van der Waals surface area contributed by atoms with Gasteiger partial charge in [-0.15, -0.1) is 0 Å². The van der Waals surface area contributed by atoms with Gasteiger partial charge in [-0.1, -0.05) is 7.77 Å². The fourth-order valence-electron chi connectivity index (χ4n) is 1.12. The van der Waals surface area contributed by atoms with Crippen molar-refractivity contribution in [2.24, 2.45) is 5.73 Å².